The van der Waals surface area contributed by atoms with Crippen molar-refractivity contribution in [2.45, 2.75) is 33.2 Å². The fraction of sp³-hybridized carbons (Fsp3) is 0.429. The Balaban J connectivity index is 2.49. The third kappa shape index (κ3) is 2.76. The molecule has 0 saturated heterocycles. The molecule has 0 spiro atoms. The molecule has 0 radical (unpaired) electrons. The number of rotatable bonds is 6. The summed E-state index contributed by atoms with van der Waals surface area (Å²) in [6, 6.07) is 7.85. The Morgan fingerprint density at radius 2 is 2.05 bits per heavy atom. The van der Waals surface area contributed by atoms with Gasteiger partial charge in [0.05, 0.1) is 18.0 Å². The average Bonchev–Trinajstić information content (AvgIpc) is 2.83. The number of nitrogens with zero attached hydrogens (tertiary/aromatic N) is 3. The van der Waals surface area contributed by atoms with Gasteiger partial charge in [0, 0.05) is 6.54 Å². The average molecular weight is 260 g/mol. The summed E-state index contributed by atoms with van der Waals surface area (Å²) in [6.45, 7) is 5.13. The van der Waals surface area contributed by atoms with Gasteiger partial charge in [0.25, 0.3) is 0 Å². The van der Waals surface area contributed by atoms with E-state index in [9.17, 15) is 0 Å². The zero-order valence-corrected chi connectivity index (χ0v) is 11.5. The van der Waals surface area contributed by atoms with Crippen molar-refractivity contribution in [3.63, 3.8) is 0 Å². The van der Waals surface area contributed by atoms with Gasteiger partial charge in [-0.2, -0.15) is 0 Å². The summed E-state index contributed by atoms with van der Waals surface area (Å²) in [5.41, 5.74) is 8.56. The zero-order chi connectivity index (χ0) is 13.7. The minimum atomic E-state index is 0.409. The predicted octanol–water partition coefficient (Wildman–Crippen LogP) is 2.08. The summed E-state index contributed by atoms with van der Waals surface area (Å²) in [4.78, 5) is 0. The number of nitrogens with two attached hydrogens (primary N) is 1. The van der Waals surface area contributed by atoms with E-state index in [4.69, 9.17) is 10.5 Å². The second kappa shape index (κ2) is 6.33. The van der Waals surface area contributed by atoms with Crippen LogP contribution in [-0.4, -0.2) is 21.6 Å². The highest BCUT2D eigenvalue weighted by Gasteiger charge is 2.15. The molecule has 0 atom stereocenters. The second-order valence-electron chi connectivity index (χ2n) is 4.25. The molecule has 0 aliphatic carbocycles. The minimum absolute atomic E-state index is 0.409. The second-order valence-corrected chi connectivity index (χ2v) is 4.25. The molecule has 0 aliphatic heterocycles. The Labute approximate surface area is 113 Å². The lowest BCUT2D eigenvalue weighted by Crippen LogP contribution is -2.07. The molecule has 1 aromatic heterocycles. The highest BCUT2D eigenvalue weighted by molar-refractivity contribution is 5.47. The van der Waals surface area contributed by atoms with E-state index in [0.29, 0.717) is 13.2 Å². The topological polar surface area (TPSA) is 66.0 Å². The summed E-state index contributed by atoms with van der Waals surface area (Å²) in [6.07, 6.45) is 1.93. The van der Waals surface area contributed by atoms with Crippen molar-refractivity contribution in [1.82, 2.24) is 15.0 Å². The molecule has 5 heteroatoms. The maximum atomic E-state index is 5.72. The monoisotopic (exact) mass is 260 g/mol. The van der Waals surface area contributed by atoms with Crippen LogP contribution < -0.4 is 10.5 Å². The van der Waals surface area contributed by atoms with Crippen LogP contribution in [0, 0.1) is 0 Å². The van der Waals surface area contributed by atoms with E-state index in [1.165, 1.54) is 0 Å². The van der Waals surface area contributed by atoms with E-state index in [1.807, 2.05) is 35.9 Å². The summed E-state index contributed by atoms with van der Waals surface area (Å²) < 4.78 is 7.49. The molecule has 102 valence electrons. The highest BCUT2D eigenvalue weighted by atomic mass is 16.5. The smallest absolute Gasteiger partial charge is 0.145 e. The van der Waals surface area contributed by atoms with E-state index >= 15 is 0 Å². The molecule has 1 heterocycles. The summed E-state index contributed by atoms with van der Waals surface area (Å²) in [5, 5.41) is 8.39. The van der Waals surface area contributed by atoms with Crippen LogP contribution in [0.3, 0.4) is 0 Å². The Morgan fingerprint density at radius 1 is 1.26 bits per heavy atom. The van der Waals surface area contributed by atoms with Gasteiger partial charge < -0.3 is 10.5 Å². The summed E-state index contributed by atoms with van der Waals surface area (Å²) in [5.74, 6) is 0.816. The van der Waals surface area contributed by atoms with Crippen molar-refractivity contribution in [1.29, 1.82) is 0 Å². The first-order chi connectivity index (χ1) is 9.31. The Kier molecular flexibility index (Phi) is 4.52. The summed E-state index contributed by atoms with van der Waals surface area (Å²) in [7, 11) is 0. The van der Waals surface area contributed by atoms with Gasteiger partial charge in [-0.05, 0) is 25.5 Å². The third-order valence-electron chi connectivity index (χ3n) is 2.92. The van der Waals surface area contributed by atoms with Gasteiger partial charge in [-0.25, -0.2) is 4.68 Å². The molecule has 2 rings (SSSR count). The lowest BCUT2D eigenvalue weighted by Gasteiger charge is -2.12. The van der Waals surface area contributed by atoms with Crippen LogP contribution in [-0.2, 0) is 13.0 Å². The normalized spacial score (nSPS) is 10.7. The molecular weight excluding hydrogens is 240 g/mol. The van der Waals surface area contributed by atoms with Crippen LogP contribution >= 0.6 is 0 Å². The SMILES string of the molecule is CCCc1c(CN)nnn1-c1ccccc1OCC. The van der Waals surface area contributed by atoms with E-state index in [-0.39, 0.29) is 0 Å². The van der Waals surface area contributed by atoms with Gasteiger partial charge in [-0.1, -0.05) is 30.7 Å². The molecule has 2 N–H and O–H groups in total. The zero-order valence-electron chi connectivity index (χ0n) is 11.5. The highest BCUT2D eigenvalue weighted by Crippen LogP contribution is 2.24. The first-order valence-corrected chi connectivity index (χ1v) is 6.67. The van der Waals surface area contributed by atoms with E-state index in [1.54, 1.807) is 0 Å². The van der Waals surface area contributed by atoms with Crippen LogP contribution in [0.2, 0.25) is 0 Å². The molecule has 5 nitrogen and oxygen atoms in total. The van der Waals surface area contributed by atoms with Gasteiger partial charge in [0.1, 0.15) is 11.4 Å². The van der Waals surface area contributed by atoms with Crippen molar-refractivity contribution in [2.75, 3.05) is 6.61 Å². The third-order valence-corrected chi connectivity index (χ3v) is 2.92. The number of para-hydroxylation sites is 2. The molecule has 19 heavy (non-hydrogen) atoms. The molecule has 0 amide bonds. The van der Waals surface area contributed by atoms with Gasteiger partial charge in [0.15, 0.2) is 0 Å². The predicted molar refractivity (Wildman–Crippen MR) is 74.4 cm³/mol. The van der Waals surface area contributed by atoms with Crippen molar-refractivity contribution in [3.8, 4) is 11.4 Å². The maximum Gasteiger partial charge on any atom is 0.145 e. The number of aromatic nitrogens is 3. The first-order valence-electron chi connectivity index (χ1n) is 6.67. The molecule has 2 aromatic rings. The van der Waals surface area contributed by atoms with Crippen molar-refractivity contribution < 1.29 is 4.74 Å². The Bertz CT molecular complexity index is 536. The van der Waals surface area contributed by atoms with Gasteiger partial charge in [-0.15, -0.1) is 5.10 Å². The Morgan fingerprint density at radius 3 is 2.74 bits per heavy atom. The van der Waals surface area contributed by atoms with E-state index < -0.39 is 0 Å². The van der Waals surface area contributed by atoms with Crippen LogP contribution in [0.1, 0.15) is 31.7 Å². The molecule has 0 unspecified atom stereocenters. The lowest BCUT2D eigenvalue weighted by molar-refractivity contribution is 0.338. The van der Waals surface area contributed by atoms with Crippen molar-refractivity contribution in [3.05, 3.63) is 35.7 Å². The van der Waals surface area contributed by atoms with Gasteiger partial charge in [0.2, 0.25) is 0 Å². The van der Waals surface area contributed by atoms with Crippen molar-refractivity contribution in [2.24, 2.45) is 5.73 Å². The van der Waals surface area contributed by atoms with Crippen molar-refractivity contribution >= 4 is 0 Å². The number of hydrogen-bond acceptors (Lipinski definition) is 4. The number of hydrogen-bond donors (Lipinski definition) is 1. The lowest BCUT2D eigenvalue weighted by atomic mass is 10.2. The van der Waals surface area contributed by atoms with Crippen LogP contribution in [0.4, 0.5) is 0 Å². The van der Waals surface area contributed by atoms with Crippen LogP contribution in [0.5, 0.6) is 5.75 Å². The number of benzene rings is 1. The van der Waals surface area contributed by atoms with E-state index in [0.717, 1.165) is 35.7 Å². The van der Waals surface area contributed by atoms with Crippen LogP contribution in [0.15, 0.2) is 24.3 Å². The molecule has 1 aromatic carbocycles. The summed E-state index contributed by atoms with van der Waals surface area (Å²) >= 11 is 0. The molecule has 0 fully saturated rings. The molecule has 0 bridgehead atoms. The number of ether oxygens (including phenoxy) is 1. The maximum absolute atomic E-state index is 5.72. The fourth-order valence-corrected chi connectivity index (χ4v) is 2.08. The minimum Gasteiger partial charge on any atom is -0.492 e. The Hall–Kier alpha value is -1.88. The fourth-order valence-electron chi connectivity index (χ4n) is 2.08. The van der Waals surface area contributed by atoms with E-state index in [2.05, 4.69) is 17.2 Å². The largest absolute Gasteiger partial charge is 0.492 e. The molecular formula is C14H20N4O. The van der Waals surface area contributed by atoms with Gasteiger partial charge in [-0.3, -0.25) is 0 Å². The quantitative estimate of drug-likeness (QED) is 0.863. The first kappa shape index (κ1) is 13.5. The van der Waals surface area contributed by atoms with Gasteiger partial charge >= 0.3 is 0 Å². The van der Waals surface area contributed by atoms with Crippen LogP contribution in [0.25, 0.3) is 5.69 Å². The molecule has 0 aliphatic rings. The molecule has 0 saturated carbocycles. The standard InChI is InChI=1S/C14H20N4O/c1-3-7-12-11(10-15)16-17-18(12)13-8-5-6-9-14(13)19-4-2/h5-6,8-9H,3-4,7,10,15H2,1-2H3.